The van der Waals surface area contributed by atoms with E-state index in [9.17, 15) is 8.60 Å². The number of likely N-dealkylation sites (tertiary alicyclic amines) is 1. The predicted molar refractivity (Wildman–Crippen MR) is 137 cm³/mol. The summed E-state index contributed by atoms with van der Waals surface area (Å²) < 4.78 is 32.6. The van der Waals surface area contributed by atoms with Gasteiger partial charge < -0.3 is 5.32 Å². The maximum absolute atomic E-state index is 14.2. The highest BCUT2D eigenvalue weighted by Crippen LogP contribution is 2.48. The number of allylic oxidation sites excluding steroid dienone is 1. The van der Waals surface area contributed by atoms with Crippen LogP contribution in [0.5, 0.6) is 0 Å². The van der Waals surface area contributed by atoms with Crippen molar-refractivity contribution in [2.24, 2.45) is 5.41 Å². The van der Waals surface area contributed by atoms with Gasteiger partial charge >= 0.3 is 0 Å². The van der Waals surface area contributed by atoms with Crippen LogP contribution in [0.15, 0.2) is 30.4 Å². The van der Waals surface area contributed by atoms with Crippen LogP contribution in [0.3, 0.4) is 0 Å². The molecule has 0 aromatic carbocycles. The molecule has 10 heteroatoms. The molecule has 7 nitrogen and oxygen atoms in total. The number of pyridine rings is 1. The van der Waals surface area contributed by atoms with Gasteiger partial charge in [0, 0.05) is 54.6 Å². The fourth-order valence-electron chi connectivity index (χ4n) is 5.84. The minimum Gasteiger partial charge on any atom is -0.355 e. The Hall–Kier alpha value is -1.81. The van der Waals surface area contributed by atoms with Crippen molar-refractivity contribution in [2.75, 3.05) is 13.1 Å². The van der Waals surface area contributed by atoms with Crippen molar-refractivity contribution in [3.8, 4) is 0 Å². The fraction of sp³-hybridized carbons (Fsp3) is 0.600. The number of rotatable bonds is 4. The first-order valence-corrected chi connectivity index (χ1v) is 13.9. The summed E-state index contributed by atoms with van der Waals surface area (Å²) in [5.74, 6) is 0.0473. The van der Waals surface area contributed by atoms with E-state index < -0.39 is 16.9 Å². The molecule has 2 N–H and O–H groups in total. The summed E-state index contributed by atoms with van der Waals surface area (Å²) in [7, 11) is -1.14. The number of nitrogens with one attached hydrogen (secondary N) is 2. The third-order valence-corrected chi connectivity index (χ3v) is 9.77. The van der Waals surface area contributed by atoms with E-state index in [-0.39, 0.29) is 27.5 Å². The molecule has 0 radical (unpaired) electrons. The summed E-state index contributed by atoms with van der Waals surface area (Å²) >= 11 is 6.30. The molecule has 35 heavy (non-hydrogen) atoms. The van der Waals surface area contributed by atoms with E-state index in [1.165, 1.54) is 31.9 Å². The Morgan fingerprint density at radius 3 is 2.69 bits per heavy atom. The Morgan fingerprint density at radius 2 is 1.97 bits per heavy atom. The second-order valence-electron chi connectivity index (χ2n) is 11.0. The van der Waals surface area contributed by atoms with Crippen molar-refractivity contribution < 1.29 is 8.60 Å². The normalized spacial score (nSPS) is 25.5. The quantitative estimate of drug-likeness (QED) is 0.576. The Morgan fingerprint density at radius 1 is 1.23 bits per heavy atom. The van der Waals surface area contributed by atoms with E-state index in [1.807, 2.05) is 33.9 Å². The average molecular weight is 521 g/mol. The SMILES string of the molecule is CC1=C(c2ccnc(F)c2Cl)c2nccn2C(N2CCC3(CCCC3)C(N[S@](=O)C(C)(C)C)C2)N1. The number of halogens is 2. The van der Waals surface area contributed by atoms with Gasteiger partial charge in [-0.2, -0.15) is 4.39 Å². The van der Waals surface area contributed by atoms with Gasteiger partial charge in [-0.25, -0.2) is 18.9 Å². The lowest BCUT2D eigenvalue weighted by Gasteiger charge is -2.49. The summed E-state index contributed by atoms with van der Waals surface area (Å²) in [6.45, 7) is 9.74. The number of hydrogen-bond acceptors (Lipinski definition) is 5. The number of hydrogen-bond donors (Lipinski definition) is 2. The topological polar surface area (TPSA) is 75.1 Å². The van der Waals surface area contributed by atoms with E-state index in [4.69, 9.17) is 11.6 Å². The monoisotopic (exact) mass is 520 g/mol. The zero-order chi connectivity index (χ0) is 25.0. The summed E-state index contributed by atoms with van der Waals surface area (Å²) in [6, 6.07) is 1.86. The molecule has 1 aliphatic carbocycles. The van der Waals surface area contributed by atoms with Gasteiger partial charge in [0.05, 0.1) is 15.7 Å². The first kappa shape index (κ1) is 24.9. The summed E-state index contributed by atoms with van der Waals surface area (Å²) in [5.41, 5.74) is 2.41. The van der Waals surface area contributed by atoms with E-state index in [1.54, 1.807) is 12.3 Å². The summed E-state index contributed by atoms with van der Waals surface area (Å²) in [6.07, 6.45) is 10.9. The van der Waals surface area contributed by atoms with Crippen LogP contribution in [0.25, 0.3) is 5.57 Å². The molecule has 1 saturated heterocycles. The van der Waals surface area contributed by atoms with Crippen molar-refractivity contribution in [1.29, 1.82) is 0 Å². The maximum Gasteiger partial charge on any atom is 0.232 e. The first-order valence-electron chi connectivity index (χ1n) is 12.3. The Bertz CT molecular complexity index is 1170. The molecule has 5 rings (SSSR count). The number of aromatic nitrogens is 3. The lowest BCUT2D eigenvalue weighted by atomic mass is 9.73. The van der Waals surface area contributed by atoms with Crippen LogP contribution in [0, 0.1) is 11.4 Å². The summed E-state index contributed by atoms with van der Waals surface area (Å²) in [4.78, 5) is 10.7. The van der Waals surface area contributed by atoms with Crippen molar-refractivity contribution in [3.63, 3.8) is 0 Å². The van der Waals surface area contributed by atoms with Gasteiger partial charge in [-0.05, 0) is 58.4 Å². The number of nitrogens with zero attached hydrogens (tertiary/aromatic N) is 4. The van der Waals surface area contributed by atoms with Crippen LogP contribution in [-0.2, 0) is 11.0 Å². The lowest BCUT2D eigenvalue weighted by molar-refractivity contribution is 0.0134. The molecule has 4 heterocycles. The minimum atomic E-state index is -1.14. The Balaban J connectivity index is 1.46. The third kappa shape index (κ3) is 4.45. The number of piperidine rings is 1. The molecule has 1 saturated carbocycles. The highest BCUT2D eigenvalue weighted by molar-refractivity contribution is 7.84. The highest BCUT2D eigenvalue weighted by atomic mass is 35.5. The fourth-order valence-corrected chi connectivity index (χ4v) is 6.98. The van der Waals surface area contributed by atoms with Crippen LogP contribution in [0.2, 0.25) is 5.02 Å². The predicted octanol–water partition coefficient (Wildman–Crippen LogP) is 4.60. The van der Waals surface area contributed by atoms with Crippen LogP contribution in [-0.4, -0.2) is 47.5 Å². The van der Waals surface area contributed by atoms with E-state index >= 15 is 0 Å². The standard InChI is InChI=1S/C25H34ClFN6OS/c1-16-19(17-7-11-28-21(27)20(17)26)22-29-12-14-33(22)23(30-16)32-13-10-25(8-5-6-9-25)18(15-32)31-35(34)24(2,3)4/h7,11-12,14,18,23,30-31H,5-6,8-10,13,15H2,1-4H3/t18?,23?,35-/m1/s1. The van der Waals surface area contributed by atoms with Gasteiger partial charge in [0.25, 0.3) is 0 Å². The lowest BCUT2D eigenvalue weighted by Crippen LogP contribution is -2.60. The number of fused-ring (bicyclic) bond motifs is 1. The van der Waals surface area contributed by atoms with E-state index in [2.05, 4.69) is 29.5 Å². The van der Waals surface area contributed by atoms with Crippen LogP contribution < -0.4 is 10.0 Å². The van der Waals surface area contributed by atoms with Gasteiger partial charge in [0.1, 0.15) is 10.8 Å². The second kappa shape index (κ2) is 9.25. The molecular weight excluding hydrogens is 487 g/mol. The number of imidazole rings is 1. The largest absolute Gasteiger partial charge is 0.355 e. The average Bonchev–Trinajstić information content (AvgIpc) is 3.47. The Labute approximate surface area is 214 Å². The van der Waals surface area contributed by atoms with Gasteiger partial charge in [0.15, 0.2) is 6.29 Å². The molecule has 0 amide bonds. The van der Waals surface area contributed by atoms with Gasteiger partial charge in [-0.3, -0.25) is 9.47 Å². The zero-order valence-corrected chi connectivity index (χ0v) is 22.3. The maximum atomic E-state index is 14.2. The molecular formula is C25H34ClFN6OS. The first-order chi connectivity index (χ1) is 16.6. The van der Waals surface area contributed by atoms with Gasteiger partial charge in [-0.1, -0.05) is 24.4 Å². The van der Waals surface area contributed by atoms with E-state index in [0.29, 0.717) is 5.56 Å². The molecule has 2 aromatic rings. The highest BCUT2D eigenvalue weighted by Gasteiger charge is 2.47. The molecule has 1 spiro atoms. The van der Waals surface area contributed by atoms with Crippen LogP contribution in [0.4, 0.5) is 4.39 Å². The minimum absolute atomic E-state index is 0.00767. The van der Waals surface area contributed by atoms with Gasteiger partial charge in [-0.15, -0.1) is 0 Å². The van der Waals surface area contributed by atoms with Crippen molar-refractivity contribution >= 4 is 28.2 Å². The molecule has 3 atom stereocenters. The molecule has 2 unspecified atom stereocenters. The molecule has 2 aliphatic heterocycles. The molecule has 2 fully saturated rings. The molecule has 3 aliphatic rings. The Kier molecular flexibility index (Phi) is 6.57. The van der Waals surface area contributed by atoms with E-state index in [0.717, 1.165) is 36.6 Å². The molecule has 190 valence electrons. The van der Waals surface area contributed by atoms with Crippen molar-refractivity contribution in [3.05, 3.63) is 52.7 Å². The van der Waals surface area contributed by atoms with Crippen LogP contribution >= 0.6 is 11.6 Å². The van der Waals surface area contributed by atoms with Crippen molar-refractivity contribution in [2.45, 2.75) is 76.9 Å². The smallest absolute Gasteiger partial charge is 0.232 e. The second-order valence-corrected chi connectivity index (χ2v) is 13.4. The molecule has 2 aromatic heterocycles. The molecule has 0 bridgehead atoms. The zero-order valence-electron chi connectivity index (χ0n) is 20.8. The van der Waals surface area contributed by atoms with Crippen molar-refractivity contribution in [1.82, 2.24) is 29.5 Å². The van der Waals surface area contributed by atoms with Crippen LogP contribution in [0.1, 0.15) is 77.5 Å². The third-order valence-electron chi connectivity index (χ3n) is 7.80. The summed E-state index contributed by atoms with van der Waals surface area (Å²) in [5, 5.41) is 3.62. The van der Waals surface area contributed by atoms with Gasteiger partial charge in [0.2, 0.25) is 5.95 Å².